The summed E-state index contributed by atoms with van der Waals surface area (Å²) >= 11 is 0. The van der Waals surface area contributed by atoms with Gasteiger partial charge in [-0.15, -0.1) is 6.58 Å². The van der Waals surface area contributed by atoms with Gasteiger partial charge in [-0.1, -0.05) is 81.7 Å². The Hall–Kier alpha value is -1.11. The molecule has 0 unspecified atom stereocenters. The van der Waals surface area contributed by atoms with Crippen LogP contribution in [0.15, 0.2) is 36.9 Å². The maximum absolute atomic E-state index is 12.4. The lowest BCUT2D eigenvalue weighted by molar-refractivity contribution is 0.149. The fraction of sp³-hybridized carbons (Fsp3) is 0.750. The molecule has 0 N–H and O–H groups in total. The van der Waals surface area contributed by atoms with Crippen molar-refractivity contribution in [3.8, 4) is 0 Å². The smallest absolute Gasteiger partial charge is 0.0894 e. The molecular weight excluding hydrogens is 403 g/mol. The summed E-state index contributed by atoms with van der Waals surface area (Å²) in [4.78, 5) is 0. The third-order valence-corrected chi connectivity index (χ3v) is 9.86. The van der Waals surface area contributed by atoms with Crippen molar-refractivity contribution in [1.29, 1.82) is 0 Å². The Bertz CT molecular complexity index is 667. The van der Waals surface area contributed by atoms with Crippen LogP contribution in [0, 0.1) is 29.6 Å². The minimum absolute atomic E-state index is 0.117. The summed E-state index contributed by atoms with van der Waals surface area (Å²) in [6.45, 7) is 3.74. The number of rotatable bonds is 10. The number of allylic oxidation sites excluding steroid dienone is 1. The van der Waals surface area contributed by atoms with Crippen LogP contribution in [0.25, 0.3) is 0 Å². The van der Waals surface area contributed by atoms with Crippen LogP contribution in [-0.4, -0.2) is 6.67 Å². The molecule has 4 rings (SSSR count). The third-order valence-electron chi connectivity index (χ3n) is 9.86. The molecule has 0 spiro atoms. The highest BCUT2D eigenvalue weighted by Gasteiger charge is 2.31. The Labute approximate surface area is 203 Å². The Kier molecular flexibility index (Phi) is 9.93. The van der Waals surface area contributed by atoms with E-state index in [-0.39, 0.29) is 6.67 Å². The molecule has 0 aliphatic heterocycles. The third kappa shape index (κ3) is 7.43. The molecular formula is C32H49F. The molecule has 3 aliphatic carbocycles. The molecule has 1 aromatic rings. The summed E-state index contributed by atoms with van der Waals surface area (Å²) in [6, 6.07) is 9.38. The van der Waals surface area contributed by atoms with Gasteiger partial charge in [0.2, 0.25) is 0 Å². The lowest BCUT2D eigenvalue weighted by Crippen LogP contribution is -2.25. The average molecular weight is 453 g/mol. The number of halogens is 1. The maximum atomic E-state index is 12.4. The van der Waals surface area contributed by atoms with Gasteiger partial charge in [0.25, 0.3) is 0 Å². The van der Waals surface area contributed by atoms with Crippen molar-refractivity contribution in [2.45, 2.75) is 115 Å². The highest BCUT2D eigenvalue weighted by molar-refractivity contribution is 5.26. The van der Waals surface area contributed by atoms with Crippen molar-refractivity contribution in [3.05, 3.63) is 48.0 Å². The summed E-state index contributed by atoms with van der Waals surface area (Å²) in [6.07, 6.45) is 25.2. The van der Waals surface area contributed by atoms with E-state index in [0.29, 0.717) is 0 Å². The highest BCUT2D eigenvalue weighted by Crippen LogP contribution is 2.45. The zero-order valence-electron chi connectivity index (χ0n) is 21.2. The van der Waals surface area contributed by atoms with E-state index in [1.165, 1.54) is 95.5 Å². The predicted octanol–water partition coefficient (Wildman–Crippen LogP) is 9.83. The van der Waals surface area contributed by atoms with Gasteiger partial charge in [-0.25, -0.2) is 0 Å². The molecule has 0 amide bonds. The van der Waals surface area contributed by atoms with Crippen LogP contribution < -0.4 is 0 Å². The predicted molar refractivity (Wildman–Crippen MR) is 140 cm³/mol. The summed E-state index contributed by atoms with van der Waals surface area (Å²) in [5.74, 6) is 5.63. The Balaban J connectivity index is 1.11. The minimum Gasteiger partial charge on any atom is -0.251 e. The van der Waals surface area contributed by atoms with Gasteiger partial charge in [-0.3, -0.25) is 4.39 Å². The molecule has 3 fully saturated rings. The van der Waals surface area contributed by atoms with E-state index < -0.39 is 0 Å². The molecule has 1 heteroatoms. The van der Waals surface area contributed by atoms with Crippen LogP contribution >= 0.6 is 0 Å². The van der Waals surface area contributed by atoms with Gasteiger partial charge in [-0.05, 0) is 104 Å². The first-order valence-corrected chi connectivity index (χ1v) is 14.5. The van der Waals surface area contributed by atoms with Crippen LogP contribution in [0.2, 0.25) is 0 Å². The lowest BCUT2D eigenvalue weighted by Gasteiger charge is -2.38. The molecule has 0 radical (unpaired) electrons. The monoisotopic (exact) mass is 452 g/mol. The van der Waals surface area contributed by atoms with Gasteiger partial charge >= 0.3 is 0 Å². The summed E-state index contributed by atoms with van der Waals surface area (Å²) in [5.41, 5.74) is 2.96. The molecule has 0 atom stereocenters. The maximum Gasteiger partial charge on any atom is 0.0894 e. The summed E-state index contributed by atoms with van der Waals surface area (Å²) in [7, 11) is 0. The molecule has 0 bridgehead atoms. The first kappa shape index (κ1) is 25.0. The van der Waals surface area contributed by atoms with Crippen molar-refractivity contribution < 1.29 is 4.39 Å². The van der Waals surface area contributed by atoms with Crippen LogP contribution in [0.3, 0.4) is 0 Å². The van der Waals surface area contributed by atoms with Crippen LogP contribution in [0.5, 0.6) is 0 Å². The molecule has 0 nitrogen and oxygen atoms in total. The molecule has 3 aliphatic rings. The van der Waals surface area contributed by atoms with Crippen molar-refractivity contribution in [2.24, 2.45) is 29.6 Å². The van der Waals surface area contributed by atoms with E-state index in [0.717, 1.165) is 54.8 Å². The van der Waals surface area contributed by atoms with E-state index in [1.54, 1.807) is 5.56 Å². The van der Waals surface area contributed by atoms with E-state index in [4.69, 9.17) is 0 Å². The van der Waals surface area contributed by atoms with E-state index in [9.17, 15) is 4.39 Å². The van der Waals surface area contributed by atoms with Gasteiger partial charge in [0.15, 0.2) is 0 Å². The number of benzene rings is 1. The Morgan fingerprint density at radius 2 is 1.15 bits per heavy atom. The molecule has 0 heterocycles. The summed E-state index contributed by atoms with van der Waals surface area (Å²) in [5, 5.41) is 0. The number of alkyl halides is 1. The highest BCUT2D eigenvalue weighted by atomic mass is 19.1. The number of hydrogen-bond donors (Lipinski definition) is 0. The minimum atomic E-state index is -0.117. The molecule has 0 saturated heterocycles. The zero-order valence-corrected chi connectivity index (χ0v) is 21.2. The van der Waals surface area contributed by atoms with Gasteiger partial charge < -0.3 is 0 Å². The first-order chi connectivity index (χ1) is 16.2. The fourth-order valence-electron chi connectivity index (χ4n) is 7.61. The average Bonchev–Trinajstić information content (AvgIpc) is 2.88. The van der Waals surface area contributed by atoms with Crippen LogP contribution in [0.4, 0.5) is 4.39 Å². The van der Waals surface area contributed by atoms with Crippen LogP contribution in [0.1, 0.15) is 120 Å². The quantitative estimate of drug-likeness (QED) is 0.310. The van der Waals surface area contributed by atoms with Gasteiger partial charge in [0.05, 0.1) is 6.67 Å². The van der Waals surface area contributed by atoms with E-state index in [2.05, 4.69) is 30.8 Å². The second-order valence-electron chi connectivity index (χ2n) is 11.9. The SMILES string of the molecule is C=CCc1ccc(C2CCC([C@H]3CC[C@H](CC[C@H]4CC[C@H](CCCF)CC4)CC3)CC2)cc1. The number of hydrogen-bond acceptors (Lipinski definition) is 0. The van der Waals surface area contributed by atoms with Crippen molar-refractivity contribution >= 4 is 0 Å². The van der Waals surface area contributed by atoms with Crippen LogP contribution in [-0.2, 0) is 6.42 Å². The zero-order chi connectivity index (χ0) is 22.9. The van der Waals surface area contributed by atoms with E-state index >= 15 is 0 Å². The second kappa shape index (κ2) is 13.1. The second-order valence-corrected chi connectivity index (χ2v) is 11.9. The standard InChI is InChI=1S/C32H49F/c1-2-4-25-12-16-29(17-13-25)31-20-22-32(23-21-31)30-18-14-28(15-19-30)11-10-27-8-6-26(7-9-27)5-3-24-33/h2,12-13,16-17,26-28,30-32H,1,3-11,14-15,18-24H2/t26-,27-,28-,30-,31?,32?. The molecule has 0 aromatic heterocycles. The lowest BCUT2D eigenvalue weighted by atomic mass is 9.67. The Morgan fingerprint density at radius 1 is 0.667 bits per heavy atom. The molecule has 184 valence electrons. The first-order valence-electron chi connectivity index (χ1n) is 14.5. The largest absolute Gasteiger partial charge is 0.251 e. The molecule has 1 aromatic carbocycles. The summed E-state index contributed by atoms with van der Waals surface area (Å²) < 4.78 is 12.4. The normalized spacial score (nSPS) is 33.0. The van der Waals surface area contributed by atoms with E-state index in [1.807, 2.05) is 6.08 Å². The Morgan fingerprint density at radius 3 is 1.67 bits per heavy atom. The fourth-order valence-corrected chi connectivity index (χ4v) is 7.61. The van der Waals surface area contributed by atoms with Gasteiger partial charge in [0, 0.05) is 0 Å². The van der Waals surface area contributed by atoms with Gasteiger partial charge in [-0.2, -0.15) is 0 Å². The van der Waals surface area contributed by atoms with Gasteiger partial charge in [0.1, 0.15) is 0 Å². The topological polar surface area (TPSA) is 0 Å². The van der Waals surface area contributed by atoms with Crippen molar-refractivity contribution in [3.63, 3.8) is 0 Å². The van der Waals surface area contributed by atoms with Crippen molar-refractivity contribution in [1.82, 2.24) is 0 Å². The molecule has 33 heavy (non-hydrogen) atoms. The van der Waals surface area contributed by atoms with Crippen molar-refractivity contribution in [2.75, 3.05) is 6.67 Å². The molecule has 3 saturated carbocycles.